The number of aliphatic carboxylic acids is 1. The third-order valence-corrected chi connectivity index (χ3v) is 2.52. The highest BCUT2D eigenvalue weighted by Gasteiger charge is 2.29. The van der Waals surface area contributed by atoms with Crippen molar-refractivity contribution in [1.29, 1.82) is 0 Å². The summed E-state index contributed by atoms with van der Waals surface area (Å²) in [5.74, 6) is -1.45. The maximum Gasteiger partial charge on any atom is 0.326 e. The molecule has 0 fully saturated rings. The molecule has 0 aliphatic carbocycles. The van der Waals surface area contributed by atoms with Crippen LogP contribution in [0.3, 0.4) is 0 Å². The lowest BCUT2D eigenvalue weighted by molar-refractivity contribution is -0.150. The van der Waals surface area contributed by atoms with Crippen LogP contribution in [0.5, 0.6) is 0 Å². The van der Waals surface area contributed by atoms with E-state index in [-0.39, 0.29) is 18.2 Å². The normalized spacial score (nSPS) is 12.5. The van der Waals surface area contributed by atoms with E-state index in [4.69, 9.17) is 5.11 Å². The van der Waals surface area contributed by atoms with Gasteiger partial charge in [-0.2, -0.15) is 0 Å². The van der Waals surface area contributed by atoms with Gasteiger partial charge in [-0.1, -0.05) is 19.0 Å². The zero-order valence-corrected chi connectivity index (χ0v) is 10.1. The van der Waals surface area contributed by atoms with E-state index in [1.807, 2.05) is 0 Å². The Kier molecular flexibility index (Phi) is 4.25. The second kappa shape index (κ2) is 5.47. The number of carboxylic acid groups (broad SMARTS) is 1. The van der Waals surface area contributed by atoms with Gasteiger partial charge in [0.1, 0.15) is 12.3 Å². The van der Waals surface area contributed by atoms with E-state index in [0.29, 0.717) is 5.69 Å². The Balaban J connectivity index is 2.70. The van der Waals surface area contributed by atoms with Gasteiger partial charge >= 0.3 is 5.97 Å². The van der Waals surface area contributed by atoms with E-state index in [1.165, 1.54) is 18.2 Å². The Morgan fingerprint density at radius 1 is 1.53 bits per heavy atom. The fourth-order valence-corrected chi connectivity index (χ4v) is 1.66. The summed E-state index contributed by atoms with van der Waals surface area (Å²) in [5.41, 5.74) is 0.495. The summed E-state index contributed by atoms with van der Waals surface area (Å²) in [6, 6.07) is 0.756. The first-order valence-corrected chi connectivity index (χ1v) is 5.31. The fourth-order valence-electron chi connectivity index (χ4n) is 1.66. The first-order valence-electron chi connectivity index (χ1n) is 5.31. The molecule has 1 N–H and O–H groups in total. The number of amides is 1. The van der Waals surface area contributed by atoms with Crippen molar-refractivity contribution in [3.05, 3.63) is 18.0 Å². The number of likely N-dealkylation sites (N-methyl/N-ethyl adjacent to an activating group) is 1. The van der Waals surface area contributed by atoms with Crippen LogP contribution >= 0.6 is 0 Å². The predicted molar refractivity (Wildman–Crippen MR) is 59.2 cm³/mol. The third kappa shape index (κ3) is 3.30. The fraction of sp³-hybridized carbons (Fsp3) is 0.545. The Morgan fingerprint density at radius 2 is 2.18 bits per heavy atom. The van der Waals surface area contributed by atoms with Gasteiger partial charge in [0.25, 0.3) is 0 Å². The molecule has 0 bridgehead atoms. The van der Waals surface area contributed by atoms with Crippen molar-refractivity contribution in [3.8, 4) is 0 Å². The van der Waals surface area contributed by atoms with Crippen molar-refractivity contribution in [2.75, 3.05) is 7.05 Å². The van der Waals surface area contributed by atoms with E-state index < -0.39 is 12.0 Å². The maximum atomic E-state index is 11.8. The molecule has 6 nitrogen and oxygen atoms in total. The van der Waals surface area contributed by atoms with Crippen LogP contribution in [0.1, 0.15) is 19.5 Å². The van der Waals surface area contributed by atoms with Crippen LogP contribution in [0.15, 0.2) is 16.9 Å². The van der Waals surface area contributed by atoms with E-state index in [9.17, 15) is 9.59 Å². The molecule has 1 heterocycles. The number of carbonyl (C=O) groups excluding carboxylic acids is 1. The minimum absolute atomic E-state index is 0.0451. The molecule has 1 amide bonds. The summed E-state index contributed by atoms with van der Waals surface area (Å²) < 4.78 is 4.61. The highest BCUT2D eigenvalue weighted by Crippen LogP contribution is 2.11. The van der Waals surface area contributed by atoms with Crippen molar-refractivity contribution < 1.29 is 19.2 Å². The molecule has 94 valence electrons. The van der Waals surface area contributed by atoms with E-state index in [0.717, 1.165) is 0 Å². The summed E-state index contributed by atoms with van der Waals surface area (Å²) >= 11 is 0. The molecule has 0 aromatic carbocycles. The van der Waals surface area contributed by atoms with Gasteiger partial charge in [0.15, 0.2) is 0 Å². The molecule has 6 heteroatoms. The van der Waals surface area contributed by atoms with Gasteiger partial charge in [0.2, 0.25) is 5.91 Å². The van der Waals surface area contributed by atoms with Gasteiger partial charge in [0, 0.05) is 13.1 Å². The molecule has 1 rings (SSSR count). The SMILES string of the molecule is CC(C)C(C(=O)O)N(C)C(=O)Cc1ccon1. The standard InChI is InChI=1S/C11H16N2O4/c1-7(2)10(11(15)16)13(3)9(14)6-8-4-5-17-12-8/h4-5,7,10H,6H2,1-3H3,(H,15,16). The zero-order chi connectivity index (χ0) is 13.0. The smallest absolute Gasteiger partial charge is 0.326 e. The molecule has 0 spiro atoms. The number of carbonyl (C=O) groups is 2. The summed E-state index contributed by atoms with van der Waals surface area (Å²) in [4.78, 5) is 24.1. The van der Waals surface area contributed by atoms with Crippen molar-refractivity contribution in [2.24, 2.45) is 5.92 Å². The van der Waals surface area contributed by atoms with Crippen molar-refractivity contribution in [3.63, 3.8) is 0 Å². The molecule has 0 aliphatic heterocycles. The maximum absolute atomic E-state index is 11.8. The van der Waals surface area contributed by atoms with Gasteiger partial charge < -0.3 is 14.5 Å². The van der Waals surface area contributed by atoms with Crippen LogP contribution in [0, 0.1) is 5.92 Å². The topological polar surface area (TPSA) is 83.6 Å². The lowest BCUT2D eigenvalue weighted by Gasteiger charge is -2.27. The molecule has 1 atom stereocenters. The molecular weight excluding hydrogens is 224 g/mol. The Bertz CT molecular complexity index is 386. The highest BCUT2D eigenvalue weighted by atomic mass is 16.5. The van der Waals surface area contributed by atoms with Crippen molar-refractivity contribution in [1.82, 2.24) is 10.1 Å². The molecule has 0 saturated heterocycles. The van der Waals surface area contributed by atoms with Crippen molar-refractivity contribution in [2.45, 2.75) is 26.3 Å². The molecule has 1 unspecified atom stereocenters. The molecule has 0 saturated carbocycles. The molecule has 17 heavy (non-hydrogen) atoms. The Morgan fingerprint density at radius 3 is 2.59 bits per heavy atom. The first kappa shape index (κ1) is 13.2. The number of nitrogens with zero attached hydrogens (tertiary/aromatic N) is 2. The summed E-state index contributed by atoms with van der Waals surface area (Å²) in [7, 11) is 1.49. The third-order valence-electron chi connectivity index (χ3n) is 2.52. The summed E-state index contributed by atoms with van der Waals surface area (Å²) in [6.45, 7) is 3.53. The number of hydrogen-bond acceptors (Lipinski definition) is 4. The van der Waals surface area contributed by atoms with Gasteiger partial charge in [-0.3, -0.25) is 4.79 Å². The van der Waals surface area contributed by atoms with Gasteiger partial charge in [-0.15, -0.1) is 0 Å². The second-order valence-corrected chi connectivity index (χ2v) is 4.20. The van der Waals surface area contributed by atoms with Crippen LogP contribution in [0.4, 0.5) is 0 Å². The van der Waals surface area contributed by atoms with Crippen LogP contribution < -0.4 is 0 Å². The number of aromatic nitrogens is 1. The van der Waals surface area contributed by atoms with Gasteiger partial charge in [-0.05, 0) is 5.92 Å². The monoisotopic (exact) mass is 240 g/mol. The molecule has 1 aromatic heterocycles. The predicted octanol–water partition coefficient (Wildman–Crippen LogP) is 0.785. The Hall–Kier alpha value is -1.85. The lowest BCUT2D eigenvalue weighted by atomic mass is 10.0. The number of hydrogen-bond donors (Lipinski definition) is 1. The average molecular weight is 240 g/mol. The lowest BCUT2D eigenvalue weighted by Crippen LogP contribution is -2.46. The first-order chi connectivity index (χ1) is 7.93. The molecule has 1 aromatic rings. The number of carboxylic acids is 1. The van der Waals surface area contributed by atoms with Crippen molar-refractivity contribution >= 4 is 11.9 Å². The average Bonchev–Trinajstić information content (AvgIpc) is 2.68. The minimum atomic E-state index is -1.00. The quantitative estimate of drug-likeness (QED) is 0.822. The van der Waals surface area contributed by atoms with Gasteiger partial charge in [-0.25, -0.2) is 4.79 Å². The second-order valence-electron chi connectivity index (χ2n) is 4.20. The minimum Gasteiger partial charge on any atom is -0.480 e. The molecular formula is C11H16N2O4. The van der Waals surface area contributed by atoms with Crippen LogP contribution in [-0.4, -0.2) is 40.1 Å². The van der Waals surface area contributed by atoms with Crippen LogP contribution in [0.25, 0.3) is 0 Å². The zero-order valence-electron chi connectivity index (χ0n) is 10.1. The number of rotatable bonds is 5. The largest absolute Gasteiger partial charge is 0.480 e. The van der Waals surface area contributed by atoms with E-state index >= 15 is 0 Å². The van der Waals surface area contributed by atoms with Gasteiger partial charge in [0.05, 0.1) is 12.1 Å². The Labute approximate surface area is 99.2 Å². The highest BCUT2D eigenvalue weighted by molar-refractivity contribution is 5.84. The summed E-state index contributed by atoms with van der Waals surface area (Å²) in [6.07, 6.45) is 1.42. The van der Waals surface area contributed by atoms with Crippen LogP contribution in [0.2, 0.25) is 0 Å². The van der Waals surface area contributed by atoms with Crippen LogP contribution in [-0.2, 0) is 16.0 Å². The molecule has 0 radical (unpaired) electrons. The summed E-state index contributed by atoms with van der Waals surface area (Å²) in [5, 5.41) is 12.7. The van der Waals surface area contributed by atoms with E-state index in [2.05, 4.69) is 9.68 Å². The van der Waals surface area contributed by atoms with E-state index in [1.54, 1.807) is 19.9 Å². The molecule has 0 aliphatic rings.